The van der Waals surface area contributed by atoms with Crippen LogP contribution in [0.1, 0.15) is 26.7 Å². The fourth-order valence-corrected chi connectivity index (χ4v) is 2.13. The summed E-state index contributed by atoms with van der Waals surface area (Å²) in [5.74, 6) is 0.599. The SMILES string of the molecule is CCC1(CC)CNc2nc(Cl)ncc2NC1=O. The second-order valence-corrected chi connectivity index (χ2v) is 4.53. The van der Waals surface area contributed by atoms with Crippen LogP contribution in [0.4, 0.5) is 11.5 Å². The molecule has 92 valence electrons. The fourth-order valence-electron chi connectivity index (χ4n) is 2.00. The number of halogens is 1. The molecular formula is C11H15ClN4O. The van der Waals surface area contributed by atoms with Gasteiger partial charge in [0, 0.05) is 6.54 Å². The van der Waals surface area contributed by atoms with Crippen molar-refractivity contribution in [2.75, 3.05) is 17.2 Å². The lowest BCUT2D eigenvalue weighted by atomic mass is 9.81. The quantitative estimate of drug-likeness (QED) is 0.795. The highest BCUT2D eigenvalue weighted by atomic mass is 35.5. The Morgan fingerprint density at radius 2 is 2.18 bits per heavy atom. The van der Waals surface area contributed by atoms with Crippen LogP contribution in [0.25, 0.3) is 0 Å². The zero-order valence-corrected chi connectivity index (χ0v) is 10.6. The molecule has 0 fully saturated rings. The van der Waals surface area contributed by atoms with Crippen LogP contribution < -0.4 is 10.6 Å². The lowest BCUT2D eigenvalue weighted by molar-refractivity contribution is -0.125. The maximum absolute atomic E-state index is 12.2. The van der Waals surface area contributed by atoms with Gasteiger partial charge < -0.3 is 10.6 Å². The molecule has 17 heavy (non-hydrogen) atoms. The molecule has 0 aromatic carbocycles. The molecule has 1 amide bonds. The van der Waals surface area contributed by atoms with Gasteiger partial charge in [0.15, 0.2) is 5.82 Å². The van der Waals surface area contributed by atoms with Crippen molar-refractivity contribution in [3.63, 3.8) is 0 Å². The zero-order valence-electron chi connectivity index (χ0n) is 9.88. The number of anilines is 2. The molecule has 1 aliphatic heterocycles. The Bertz CT molecular complexity index is 445. The number of fused-ring (bicyclic) bond motifs is 1. The molecule has 6 heteroatoms. The Kier molecular flexibility index (Phi) is 3.19. The average molecular weight is 255 g/mol. The van der Waals surface area contributed by atoms with E-state index in [2.05, 4.69) is 20.6 Å². The maximum Gasteiger partial charge on any atom is 0.232 e. The van der Waals surface area contributed by atoms with Crippen LogP contribution in [0.3, 0.4) is 0 Å². The number of hydrogen-bond donors (Lipinski definition) is 2. The highest BCUT2D eigenvalue weighted by Crippen LogP contribution is 2.33. The lowest BCUT2D eigenvalue weighted by Gasteiger charge is -2.27. The third-order valence-corrected chi connectivity index (χ3v) is 3.62. The minimum atomic E-state index is -0.396. The van der Waals surface area contributed by atoms with Gasteiger partial charge in [-0.3, -0.25) is 4.79 Å². The summed E-state index contributed by atoms with van der Waals surface area (Å²) in [6, 6.07) is 0. The van der Waals surface area contributed by atoms with E-state index in [1.54, 1.807) is 0 Å². The van der Waals surface area contributed by atoms with Crippen LogP contribution in [-0.4, -0.2) is 22.4 Å². The smallest absolute Gasteiger partial charge is 0.232 e. The van der Waals surface area contributed by atoms with Crippen molar-refractivity contribution in [3.05, 3.63) is 11.5 Å². The lowest BCUT2D eigenvalue weighted by Crippen LogP contribution is -2.39. The molecule has 2 rings (SSSR count). The molecule has 0 spiro atoms. The second kappa shape index (κ2) is 4.49. The summed E-state index contributed by atoms with van der Waals surface area (Å²) < 4.78 is 0. The monoisotopic (exact) mass is 254 g/mol. The van der Waals surface area contributed by atoms with Crippen molar-refractivity contribution in [1.29, 1.82) is 0 Å². The van der Waals surface area contributed by atoms with E-state index in [0.29, 0.717) is 18.1 Å². The number of rotatable bonds is 2. The number of amides is 1. The van der Waals surface area contributed by atoms with E-state index in [0.717, 1.165) is 12.8 Å². The summed E-state index contributed by atoms with van der Waals surface area (Å²) in [6.45, 7) is 4.59. The summed E-state index contributed by atoms with van der Waals surface area (Å²) in [5.41, 5.74) is 0.191. The summed E-state index contributed by atoms with van der Waals surface area (Å²) in [5, 5.41) is 6.20. The van der Waals surface area contributed by atoms with Crippen molar-refractivity contribution in [2.45, 2.75) is 26.7 Å². The van der Waals surface area contributed by atoms with Crippen LogP contribution in [0.15, 0.2) is 6.20 Å². The number of nitrogens with one attached hydrogen (secondary N) is 2. The first-order chi connectivity index (χ1) is 8.11. The molecule has 0 bridgehead atoms. The van der Waals surface area contributed by atoms with Crippen molar-refractivity contribution >= 4 is 29.0 Å². The molecule has 0 radical (unpaired) electrons. The number of carbonyl (C=O) groups excluding carboxylic acids is 1. The van der Waals surface area contributed by atoms with E-state index in [4.69, 9.17) is 11.6 Å². The minimum absolute atomic E-state index is 0.0136. The molecule has 2 heterocycles. The van der Waals surface area contributed by atoms with E-state index >= 15 is 0 Å². The molecule has 1 aliphatic rings. The van der Waals surface area contributed by atoms with Crippen molar-refractivity contribution in [2.24, 2.45) is 5.41 Å². The Morgan fingerprint density at radius 3 is 2.82 bits per heavy atom. The number of hydrogen-bond acceptors (Lipinski definition) is 4. The third kappa shape index (κ3) is 2.07. The molecule has 0 aliphatic carbocycles. The first kappa shape index (κ1) is 12.1. The molecular weight excluding hydrogens is 240 g/mol. The first-order valence-electron chi connectivity index (χ1n) is 5.69. The van der Waals surface area contributed by atoms with E-state index in [-0.39, 0.29) is 11.2 Å². The Hall–Kier alpha value is -1.36. The van der Waals surface area contributed by atoms with Gasteiger partial charge in [-0.25, -0.2) is 4.98 Å². The molecule has 0 saturated carbocycles. The summed E-state index contributed by atoms with van der Waals surface area (Å²) in [4.78, 5) is 20.1. The number of nitrogens with zero attached hydrogens (tertiary/aromatic N) is 2. The van der Waals surface area contributed by atoms with Gasteiger partial charge in [0.1, 0.15) is 5.69 Å². The maximum atomic E-state index is 12.2. The highest BCUT2D eigenvalue weighted by Gasteiger charge is 2.37. The van der Waals surface area contributed by atoms with E-state index in [1.807, 2.05) is 13.8 Å². The largest absolute Gasteiger partial charge is 0.367 e. The van der Waals surface area contributed by atoms with Crippen molar-refractivity contribution in [3.8, 4) is 0 Å². The normalized spacial score (nSPS) is 17.7. The summed E-state index contributed by atoms with van der Waals surface area (Å²) in [6.07, 6.45) is 3.08. The van der Waals surface area contributed by atoms with E-state index in [9.17, 15) is 4.79 Å². The topological polar surface area (TPSA) is 66.9 Å². The molecule has 0 saturated heterocycles. The van der Waals surface area contributed by atoms with Gasteiger partial charge in [-0.2, -0.15) is 4.98 Å². The Morgan fingerprint density at radius 1 is 1.47 bits per heavy atom. The molecule has 0 atom stereocenters. The van der Waals surface area contributed by atoms with Crippen LogP contribution >= 0.6 is 11.6 Å². The van der Waals surface area contributed by atoms with Gasteiger partial charge >= 0.3 is 0 Å². The molecule has 5 nitrogen and oxygen atoms in total. The Balaban J connectivity index is 2.37. The van der Waals surface area contributed by atoms with Crippen molar-refractivity contribution in [1.82, 2.24) is 9.97 Å². The van der Waals surface area contributed by atoms with Crippen molar-refractivity contribution < 1.29 is 4.79 Å². The van der Waals surface area contributed by atoms with Gasteiger partial charge in [0.25, 0.3) is 0 Å². The first-order valence-corrected chi connectivity index (χ1v) is 6.07. The average Bonchev–Trinajstić information content (AvgIpc) is 2.46. The van der Waals surface area contributed by atoms with Gasteiger partial charge in [0.2, 0.25) is 11.2 Å². The minimum Gasteiger partial charge on any atom is -0.367 e. The van der Waals surface area contributed by atoms with Gasteiger partial charge in [-0.05, 0) is 24.4 Å². The van der Waals surface area contributed by atoms with Crippen LogP contribution in [0.5, 0.6) is 0 Å². The van der Waals surface area contributed by atoms with Gasteiger partial charge in [0.05, 0.1) is 11.6 Å². The summed E-state index contributed by atoms with van der Waals surface area (Å²) >= 11 is 5.73. The molecule has 2 N–H and O–H groups in total. The highest BCUT2D eigenvalue weighted by molar-refractivity contribution is 6.28. The standard InChI is InChI=1S/C11H15ClN4O/c1-3-11(4-2)6-14-8-7(15-9(11)17)5-13-10(12)16-8/h5H,3-4,6H2,1-2H3,(H,15,17)(H,13,14,16). The number of carbonyl (C=O) groups is 1. The second-order valence-electron chi connectivity index (χ2n) is 4.20. The fraction of sp³-hybridized carbons (Fsp3) is 0.545. The summed E-state index contributed by atoms with van der Waals surface area (Å²) in [7, 11) is 0. The van der Waals surface area contributed by atoms with Gasteiger partial charge in [-0.1, -0.05) is 13.8 Å². The third-order valence-electron chi connectivity index (χ3n) is 3.44. The number of aromatic nitrogens is 2. The molecule has 0 unspecified atom stereocenters. The van der Waals surface area contributed by atoms with E-state index < -0.39 is 5.41 Å². The molecule has 1 aromatic heterocycles. The van der Waals surface area contributed by atoms with Crippen LogP contribution in [0, 0.1) is 5.41 Å². The molecule has 1 aromatic rings. The van der Waals surface area contributed by atoms with Crippen LogP contribution in [0.2, 0.25) is 5.28 Å². The van der Waals surface area contributed by atoms with Gasteiger partial charge in [-0.15, -0.1) is 0 Å². The Labute approximate surface area is 105 Å². The predicted molar refractivity (Wildman–Crippen MR) is 67.2 cm³/mol. The van der Waals surface area contributed by atoms with E-state index in [1.165, 1.54) is 6.20 Å². The van der Waals surface area contributed by atoms with Crippen LogP contribution in [-0.2, 0) is 4.79 Å². The zero-order chi connectivity index (χ0) is 12.5. The predicted octanol–water partition coefficient (Wildman–Crippen LogP) is 2.30.